The number of ether oxygens (including phenoxy) is 4. The number of carbonyl (C=O) groups excluding carboxylic acids is 4. The van der Waals surface area contributed by atoms with Crippen LogP contribution in [-0.2, 0) is 65.4 Å². The van der Waals surface area contributed by atoms with Gasteiger partial charge in [0.15, 0.2) is 12.2 Å². The van der Waals surface area contributed by atoms with E-state index in [0.717, 1.165) is 121 Å². The third-order valence-electron chi connectivity index (χ3n) is 12.8. The van der Waals surface area contributed by atoms with Gasteiger partial charge in [0, 0.05) is 25.7 Å². The molecule has 0 aliphatic carbocycles. The van der Waals surface area contributed by atoms with E-state index in [1.54, 1.807) is 0 Å². The summed E-state index contributed by atoms with van der Waals surface area (Å²) in [6.45, 7) is 9.21. The van der Waals surface area contributed by atoms with Crippen LogP contribution in [0.5, 0.6) is 0 Å². The lowest BCUT2D eigenvalue weighted by Crippen LogP contribution is -2.30. The summed E-state index contributed by atoms with van der Waals surface area (Å²) in [6.07, 6.45) is 27.0. The van der Waals surface area contributed by atoms with Gasteiger partial charge >= 0.3 is 39.5 Å². The summed E-state index contributed by atoms with van der Waals surface area (Å²) in [4.78, 5) is 71.5. The predicted molar refractivity (Wildman–Crippen MR) is 289 cm³/mol. The fourth-order valence-electron chi connectivity index (χ4n) is 7.91. The quantitative estimate of drug-likeness (QED) is 0.0222. The predicted octanol–water partition coefficient (Wildman–Crippen LogP) is 14.1. The molecule has 3 unspecified atom stereocenters. The van der Waals surface area contributed by atoms with Crippen molar-refractivity contribution in [3.05, 3.63) is 0 Å². The number of carbonyl (C=O) groups is 4. The lowest BCUT2D eigenvalue weighted by molar-refractivity contribution is -0.161. The number of unbranched alkanes of at least 4 members (excludes halogenated alkanes) is 23. The maximum absolute atomic E-state index is 12.9. The highest BCUT2D eigenvalue weighted by Gasteiger charge is 2.30. The van der Waals surface area contributed by atoms with Crippen molar-refractivity contribution < 1.29 is 80.2 Å². The van der Waals surface area contributed by atoms with E-state index in [-0.39, 0.29) is 25.7 Å². The molecule has 0 aliphatic rings. The molecule has 0 radical (unpaired) electrons. The molecule has 3 N–H and O–H groups in total. The fourth-order valence-corrected chi connectivity index (χ4v) is 9.49. The van der Waals surface area contributed by atoms with Crippen molar-refractivity contribution in [3.63, 3.8) is 0 Å². The van der Waals surface area contributed by atoms with Crippen LogP contribution in [0, 0.1) is 11.8 Å². The molecule has 6 atom stereocenters. The van der Waals surface area contributed by atoms with Gasteiger partial charge in [0.1, 0.15) is 19.3 Å². The average molecular weight is 1100 g/mol. The minimum atomic E-state index is -4.93. The van der Waals surface area contributed by atoms with Crippen LogP contribution in [0.3, 0.4) is 0 Å². The van der Waals surface area contributed by atoms with E-state index in [2.05, 4.69) is 41.5 Å². The molecule has 17 nitrogen and oxygen atoms in total. The maximum atomic E-state index is 12.9. The molecule has 19 heteroatoms. The van der Waals surface area contributed by atoms with E-state index in [0.29, 0.717) is 31.6 Å². The van der Waals surface area contributed by atoms with Crippen molar-refractivity contribution in [1.29, 1.82) is 0 Å². The topological polar surface area (TPSA) is 237 Å². The summed E-state index contributed by atoms with van der Waals surface area (Å²) in [5.41, 5.74) is 0. The van der Waals surface area contributed by atoms with Gasteiger partial charge in [0.25, 0.3) is 0 Å². The first-order chi connectivity index (χ1) is 35.4. The Morgan fingerprint density at radius 2 is 0.689 bits per heavy atom. The van der Waals surface area contributed by atoms with Gasteiger partial charge in [0.05, 0.1) is 26.4 Å². The second-order valence-electron chi connectivity index (χ2n) is 20.7. The van der Waals surface area contributed by atoms with E-state index in [1.807, 2.05) is 0 Å². The number of rotatable bonds is 54. The minimum Gasteiger partial charge on any atom is -0.462 e. The van der Waals surface area contributed by atoms with E-state index in [1.165, 1.54) is 51.4 Å². The summed E-state index contributed by atoms with van der Waals surface area (Å²) in [5, 5.41) is 10.5. The molecule has 0 aromatic rings. The summed E-state index contributed by atoms with van der Waals surface area (Å²) in [7, 11) is -9.86. The number of hydrogen-bond donors (Lipinski definition) is 3. The molecule has 0 aromatic carbocycles. The van der Waals surface area contributed by atoms with Crippen LogP contribution in [0.25, 0.3) is 0 Å². The Hall–Kier alpha value is -1.94. The molecule has 74 heavy (non-hydrogen) atoms. The standard InChI is InChI=1S/C55H106O17P2/c1-7-10-12-14-16-18-27-33-39-54(59)71-50(43-65-52(57)37-31-25-17-15-13-11-8-2)45-69-73(61,62)67-41-49(56)42-68-74(63,64)70-46-51(44-66-53(58)38-32-26-21-19-23-29-35-47(4)5)72-55(60)40-34-28-22-20-24-30-36-48(6)9-3/h47-51,56H,7-46H2,1-6H3,(H,61,62)(H,63,64)/t48?,49-,50+,51+/m0/s1. The van der Waals surface area contributed by atoms with Crippen molar-refractivity contribution in [1.82, 2.24) is 0 Å². The van der Waals surface area contributed by atoms with Gasteiger partial charge in [-0.25, -0.2) is 9.13 Å². The fraction of sp³-hybridized carbons (Fsp3) is 0.927. The van der Waals surface area contributed by atoms with E-state index < -0.39 is 97.5 Å². The smallest absolute Gasteiger partial charge is 0.462 e. The van der Waals surface area contributed by atoms with Crippen LogP contribution in [0.1, 0.15) is 260 Å². The van der Waals surface area contributed by atoms with Crippen LogP contribution in [-0.4, -0.2) is 96.7 Å². The van der Waals surface area contributed by atoms with Crippen LogP contribution >= 0.6 is 15.6 Å². The van der Waals surface area contributed by atoms with E-state index >= 15 is 0 Å². The maximum Gasteiger partial charge on any atom is 0.472 e. The summed E-state index contributed by atoms with van der Waals surface area (Å²) < 4.78 is 67.4. The third-order valence-corrected chi connectivity index (χ3v) is 14.7. The lowest BCUT2D eigenvalue weighted by Gasteiger charge is -2.21. The van der Waals surface area contributed by atoms with Gasteiger partial charge in [-0.2, -0.15) is 0 Å². The number of aliphatic hydroxyl groups is 1. The minimum absolute atomic E-state index is 0.102. The van der Waals surface area contributed by atoms with Crippen LogP contribution in [0.15, 0.2) is 0 Å². The highest BCUT2D eigenvalue weighted by atomic mass is 31.2. The molecule has 0 aliphatic heterocycles. The first kappa shape index (κ1) is 72.1. The SMILES string of the molecule is CCCCCCCCCCC(=O)O[C@H](COC(=O)CCCCCCCCC)COP(=O)(O)OC[C@H](O)COP(=O)(O)OC[C@@H](COC(=O)CCCCCCCCC(C)C)OC(=O)CCCCCCCCC(C)CC. The Bertz CT molecular complexity index is 1480. The summed E-state index contributed by atoms with van der Waals surface area (Å²) >= 11 is 0. The molecule has 0 saturated carbocycles. The first-order valence-corrected chi connectivity index (χ1v) is 32.0. The number of aliphatic hydroxyl groups excluding tert-OH is 1. The average Bonchev–Trinajstić information content (AvgIpc) is 3.36. The molecule has 0 bridgehead atoms. The van der Waals surface area contributed by atoms with Gasteiger partial charge in [0.2, 0.25) is 0 Å². The van der Waals surface area contributed by atoms with Crippen LogP contribution in [0.4, 0.5) is 0 Å². The molecule has 0 aromatic heterocycles. The number of hydrogen-bond acceptors (Lipinski definition) is 15. The Labute approximate surface area is 447 Å². The van der Waals surface area contributed by atoms with Crippen molar-refractivity contribution in [3.8, 4) is 0 Å². The van der Waals surface area contributed by atoms with Gasteiger partial charge < -0.3 is 33.8 Å². The van der Waals surface area contributed by atoms with Crippen molar-refractivity contribution >= 4 is 39.5 Å². The van der Waals surface area contributed by atoms with Crippen LogP contribution in [0.2, 0.25) is 0 Å². The second-order valence-corrected chi connectivity index (χ2v) is 23.6. The van der Waals surface area contributed by atoms with Crippen molar-refractivity contribution in [2.24, 2.45) is 11.8 Å². The summed E-state index contributed by atoms with van der Waals surface area (Å²) in [5.74, 6) is -0.759. The summed E-state index contributed by atoms with van der Waals surface area (Å²) in [6, 6.07) is 0. The zero-order valence-electron chi connectivity index (χ0n) is 47.1. The lowest BCUT2D eigenvalue weighted by atomic mass is 10.00. The first-order valence-electron chi connectivity index (χ1n) is 29.0. The normalized spacial score (nSPS) is 14.9. The number of phosphoric acid groups is 2. The van der Waals surface area contributed by atoms with Crippen molar-refractivity contribution in [2.75, 3.05) is 39.6 Å². The molecular weight excluding hydrogens is 995 g/mol. The molecule has 0 amide bonds. The third kappa shape index (κ3) is 48.4. The van der Waals surface area contributed by atoms with E-state index in [9.17, 15) is 43.2 Å². The number of phosphoric ester groups is 2. The largest absolute Gasteiger partial charge is 0.472 e. The Kier molecular flexibility index (Phi) is 46.9. The number of esters is 4. The van der Waals surface area contributed by atoms with Gasteiger partial charge in [-0.1, -0.05) is 208 Å². The van der Waals surface area contributed by atoms with Gasteiger partial charge in [-0.3, -0.25) is 37.3 Å². The highest BCUT2D eigenvalue weighted by molar-refractivity contribution is 7.47. The van der Waals surface area contributed by atoms with Crippen molar-refractivity contribution in [2.45, 2.75) is 278 Å². The van der Waals surface area contributed by atoms with Gasteiger partial charge in [-0.15, -0.1) is 0 Å². The second kappa shape index (κ2) is 48.2. The van der Waals surface area contributed by atoms with E-state index in [4.69, 9.17) is 37.0 Å². The Morgan fingerprint density at radius 3 is 1.03 bits per heavy atom. The molecule has 438 valence electrons. The van der Waals surface area contributed by atoms with Gasteiger partial charge in [-0.05, 0) is 37.5 Å². The molecule has 0 saturated heterocycles. The monoisotopic (exact) mass is 1100 g/mol. The molecule has 0 spiro atoms. The Morgan fingerprint density at radius 1 is 0.392 bits per heavy atom. The molecule has 0 fully saturated rings. The molecule has 0 heterocycles. The molecule has 0 rings (SSSR count). The van der Waals surface area contributed by atoms with Crippen LogP contribution < -0.4 is 0 Å². The highest BCUT2D eigenvalue weighted by Crippen LogP contribution is 2.45. The Balaban J connectivity index is 5.22. The zero-order chi connectivity index (χ0) is 55.1. The zero-order valence-corrected chi connectivity index (χ0v) is 48.9. The molecular formula is C55H106O17P2.